The molecule has 114 valence electrons. The standard InChI is InChI=1S/C13H16N2O6/c1-20-10-3-6-7(14)4-9(12(16)17)15(13(18)19)8(6)5-11(10)21-2/h3,5,7,9H,4,14H2,1-2H3,(H,16,17)(H,18,19)/t7-,9-/m1/s1. The fourth-order valence-corrected chi connectivity index (χ4v) is 2.48. The predicted molar refractivity (Wildman–Crippen MR) is 73.0 cm³/mol. The number of aliphatic carboxylic acids is 1. The highest BCUT2D eigenvalue weighted by molar-refractivity contribution is 5.96. The minimum absolute atomic E-state index is 0.00981. The lowest BCUT2D eigenvalue weighted by Gasteiger charge is -2.36. The first-order chi connectivity index (χ1) is 9.90. The van der Waals surface area contributed by atoms with Gasteiger partial charge in [-0.1, -0.05) is 0 Å². The summed E-state index contributed by atoms with van der Waals surface area (Å²) in [6.07, 6.45) is -1.37. The smallest absolute Gasteiger partial charge is 0.412 e. The van der Waals surface area contributed by atoms with Gasteiger partial charge in [-0.25, -0.2) is 9.59 Å². The summed E-state index contributed by atoms with van der Waals surface area (Å²) >= 11 is 0. The number of anilines is 1. The number of hydrogen-bond donors (Lipinski definition) is 3. The quantitative estimate of drug-likeness (QED) is 0.761. The summed E-state index contributed by atoms with van der Waals surface area (Å²) < 4.78 is 10.3. The van der Waals surface area contributed by atoms with Crippen LogP contribution in [0.15, 0.2) is 12.1 Å². The Kier molecular flexibility index (Phi) is 3.90. The first-order valence-corrected chi connectivity index (χ1v) is 6.17. The molecule has 0 radical (unpaired) electrons. The number of amides is 1. The third-order valence-electron chi connectivity index (χ3n) is 3.47. The molecule has 0 spiro atoms. The summed E-state index contributed by atoms with van der Waals surface area (Å²) in [4.78, 5) is 23.5. The molecule has 1 amide bonds. The monoisotopic (exact) mass is 296 g/mol. The van der Waals surface area contributed by atoms with E-state index in [0.717, 1.165) is 4.90 Å². The van der Waals surface area contributed by atoms with Crippen molar-refractivity contribution in [1.82, 2.24) is 0 Å². The summed E-state index contributed by atoms with van der Waals surface area (Å²) in [5.74, 6) is -0.528. The molecule has 8 nitrogen and oxygen atoms in total. The van der Waals surface area contributed by atoms with E-state index < -0.39 is 24.1 Å². The van der Waals surface area contributed by atoms with Crippen molar-refractivity contribution in [3.05, 3.63) is 17.7 Å². The number of nitrogens with two attached hydrogens (primary N) is 1. The van der Waals surface area contributed by atoms with Crippen molar-refractivity contribution in [2.24, 2.45) is 5.73 Å². The van der Waals surface area contributed by atoms with Crippen molar-refractivity contribution in [3.8, 4) is 11.5 Å². The van der Waals surface area contributed by atoms with Gasteiger partial charge in [0.25, 0.3) is 0 Å². The normalized spacial score (nSPS) is 20.6. The fourth-order valence-electron chi connectivity index (χ4n) is 2.48. The van der Waals surface area contributed by atoms with E-state index in [4.69, 9.17) is 15.2 Å². The Labute approximate surface area is 120 Å². The highest BCUT2D eigenvalue weighted by Crippen LogP contribution is 2.42. The molecule has 1 aliphatic rings. The Balaban J connectivity index is 2.64. The second-order valence-corrected chi connectivity index (χ2v) is 4.61. The summed E-state index contributed by atoms with van der Waals surface area (Å²) in [5.41, 5.74) is 6.68. The molecular formula is C13H16N2O6. The van der Waals surface area contributed by atoms with Crippen LogP contribution >= 0.6 is 0 Å². The van der Waals surface area contributed by atoms with Crippen LogP contribution in [0.5, 0.6) is 11.5 Å². The van der Waals surface area contributed by atoms with Gasteiger partial charge in [0.2, 0.25) is 0 Å². The van der Waals surface area contributed by atoms with Crippen LogP contribution in [0.1, 0.15) is 18.0 Å². The lowest BCUT2D eigenvalue weighted by Crippen LogP contribution is -2.49. The zero-order valence-corrected chi connectivity index (χ0v) is 11.6. The third kappa shape index (κ3) is 2.45. The molecule has 8 heteroatoms. The number of fused-ring (bicyclic) bond motifs is 1. The Morgan fingerprint density at radius 3 is 2.29 bits per heavy atom. The molecule has 0 saturated carbocycles. The van der Waals surface area contributed by atoms with Crippen molar-refractivity contribution in [2.45, 2.75) is 18.5 Å². The summed E-state index contributed by atoms with van der Waals surface area (Å²) in [6.45, 7) is 0. The Bertz CT molecular complexity index is 588. The lowest BCUT2D eigenvalue weighted by atomic mass is 9.91. The van der Waals surface area contributed by atoms with Gasteiger partial charge in [0.05, 0.1) is 19.9 Å². The molecule has 1 heterocycles. The maximum Gasteiger partial charge on any atom is 0.412 e. The average Bonchev–Trinajstić information content (AvgIpc) is 2.45. The van der Waals surface area contributed by atoms with E-state index in [1.54, 1.807) is 6.07 Å². The van der Waals surface area contributed by atoms with Gasteiger partial charge < -0.3 is 25.4 Å². The zero-order valence-electron chi connectivity index (χ0n) is 11.6. The molecule has 0 aromatic heterocycles. The Hall–Kier alpha value is -2.48. The molecule has 1 aromatic rings. The SMILES string of the molecule is COc1cc2c(cc1OC)N(C(=O)O)[C@@H](C(=O)O)C[C@H]2N. The van der Waals surface area contributed by atoms with E-state index >= 15 is 0 Å². The zero-order chi connectivity index (χ0) is 15.7. The van der Waals surface area contributed by atoms with Crippen LogP contribution in [0.3, 0.4) is 0 Å². The Morgan fingerprint density at radius 1 is 1.24 bits per heavy atom. The van der Waals surface area contributed by atoms with Crippen LogP contribution in [0.2, 0.25) is 0 Å². The lowest BCUT2D eigenvalue weighted by molar-refractivity contribution is -0.138. The molecule has 1 aliphatic heterocycles. The number of rotatable bonds is 3. The first-order valence-electron chi connectivity index (χ1n) is 6.17. The highest BCUT2D eigenvalue weighted by Gasteiger charge is 2.39. The third-order valence-corrected chi connectivity index (χ3v) is 3.47. The number of nitrogens with zero attached hydrogens (tertiary/aromatic N) is 1. The van der Waals surface area contributed by atoms with E-state index in [-0.39, 0.29) is 12.1 Å². The summed E-state index contributed by atoms with van der Waals surface area (Å²) in [6, 6.07) is 1.17. The minimum atomic E-state index is -1.36. The van der Waals surface area contributed by atoms with E-state index in [2.05, 4.69) is 0 Å². The van der Waals surface area contributed by atoms with Gasteiger partial charge in [-0.05, 0) is 18.1 Å². The summed E-state index contributed by atoms with van der Waals surface area (Å²) in [7, 11) is 2.86. The molecule has 2 atom stereocenters. The molecule has 1 aromatic carbocycles. The number of carbonyl (C=O) groups is 2. The van der Waals surface area contributed by atoms with Crippen molar-refractivity contribution >= 4 is 17.7 Å². The predicted octanol–water partition coefficient (Wildman–Crippen LogP) is 1.04. The molecule has 0 fully saturated rings. The van der Waals surface area contributed by atoms with E-state index in [9.17, 15) is 19.8 Å². The van der Waals surface area contributed by atoms with Crippen LogP contribution in [0.25, 0.3) is 0 Å². The van der Waals surface area contributed by atoms with Gasteiger partial charge in [0.15, 0.2) is 11.5 Å². The highest BCUT2D eigenvalue weighted by atomic mass is 16.5. The topological polar surface area (TPSA) is 122 Å². The van der Waals surface area contributed by atoms with Crippen LogP contribution < -0.4 is 20.1 Å². The van der Waals surface area contributed by atoms with Crippen LogP contribution in [0.4, 0.5) is 10.5 Å². The fraction of sp³-hybridized carbons (Fsp3) is 0.385. The number of benzene rings is 1. The van der Waals surface area contributed by atoms with E-state index in [1.165, 1.54) is 20.3 Å². The van der Waals surface area contributed by atoms with Crippen molar-refractivity contribution in [1.29, 1.82) is 0 Å². The largest absolute Gasteiger partial charge is 0.493 e. The first kappa shape index (κ1) is 14.9. The van der Waals surface area contributed by atoms with Gasteiger partial charge in [-0.15, -0.1) is 0 Å². The van der Waals surface area contributed by atoms with E-state index in [1.807, 2.05) is 0 Å². The van der Waals surface area contributed by atoms with Crippen molar-refractivity contribution in [3.63, 3.8) is 0 Å². The molecular weight excluding hydrogens is 280 g/mol. The maximum absolute atomic E-state index is 11.4. The van der Waals surface area contributed by atoms with Gasteiger partial charge in [-0.3, -0.25) is 4.90 Å². The van der Waals surface area contributed by atoms with Crippen LogP contribution in [0, 0.1) is 0 Å². The number of hydrogen-bond acceptors (Lipinski definition) is 5. The van der Waals surface area contributed by atoms with Gasteiger partial charge in [-0.2, -0.15) is 0 Å². The van der Waals surface area contributed by atoms with Gasteiger partial charge in [0, 0.05) is 12.1 Å². The molecule has 0 unspecified atom stereocenters. The summed E-state index contributed by atoms with van der Waals surface area (Å²) in [5, 5.41) is 18.5. The molecule has 0 bridgehead atoms. The van der Waals surface area contributed by atoms with Crippen LogP contribution in [-0.4, -0.2) is 42.5 Å². The minimum Gasteiger partial charge on any atom is -0.493 e. The molecule has 0 saturated heterocycles. The Morgan fingerprint density at radius 2 is 1.81 bits per heavy atom. The van der Waals surface area contributed by atoms with Gasteiger partial charge >= 0.3 is 12.1 Å². The number of carboxylic acid groups (broad SMARTS) is 2. The van der Waals surface area contributed by atoms with E-state index in [0.29, 0.717) is 17.1 Å². The number of ether oxygens (including phenoxy) is 2. The number of carboxylic acids is 1. The van der Waals surface area contributed by atoms with Crippen molar-refractivity contribution in [2.75, 3.05) is 19.1 Å². The van der Waals surface area contributed by atoms with Gasteiger partial charge in [0.1, 0.15) is 6.04 Å². The molecule has 4 N–H and O–H groups in total. The molecule has 21 heavy (non-hydrogen) atoms. The second-order valence-electron chi connectivity index (χ2n) is 4.61. The maximum atomic E-state index is 11.4. The number of methoxy groups -OCH3 is 2. The second kappa shape index (κ2) is 5.49. The molecule has 2 rings (SSSR count). The molecule has 0 aliphatic carbocycles. The average molecular weight is 296 g/mol. The van der Waals surface area contributed by atoms with Crippen molar-refractivity contribution < 1.29 is 29.3 Å². The van der Waals surface area contributed by atoms with Crippen LogP contribution in [-0.2, 0) is 4.79 Å².